The number of ketones is 3. The molecule has 0 radical (unpaired) electrons. The summed E-state index contributed by atoms with van der Waals surface area (Å²) in [5.41, 5.74) is 2.51. The molecule has 0 atom stereocenters. The van der Waals surface area contributed by atoms with Crippen LogP contribution in [0.3, 0.4) is 0 Å². The van der Waals surface area contributed by atoms with Crippen molar-refractivity contribution < 1.29 is 29.0 Å². The molecular formula is C25H22Cl2O6. The summed E-state index contributed by atoms with van der Waals surface area (Å²) in [6.07, 6.45) is 1.03. The van der Waals surface area contributed by atoms with Crippen molar-refractivity contribution in [3.63, 3.8) is 0 Å². The Kier molecular flexibility index (Phi) is 8.06. The first kappa shape index (κ1) is 24.7. The summed E-state index contributed by atoms with van der Waals surface area (Å²) in [4.78, 5) is 46.5. The zero-order valence-corrected chi connectivity index (χ0v) is 19.5. The van der Waals surface area contributed by atoms with Crippen molar-refractivity contribution in [3.05, 3.63) is 74.3 Å². The minimum absolute atomic E-state index is 0.00734. The van der Waals surface area contributed by atoms with Crippen LogP contribution in [0.25, 0.3) is 5.76 Å². The Hall–Kier alpha value is -2.96. The quantitative estimate of drug-likeness (QED) is 0.465. The van der Waals surface area contributed by atoms with Crippen LogP contribution < -0.4 is 0 Å². The number of aliphatic hydroxyl groups excluding tert-OH is 1. The SMILES string of the molecule is CCOC(=O)C1=C(O)c2ccc(Cl)cc2CC(=O)C1.O=C1CCC(=O)c2ccc(Cl)cc2C1. The largest absolute Gasteiger partial charge is 0.507 e. The highest BCUT2D eigenvalue weighted by molar-refractivity contribution is 6.31. The lowest BCUT2D eigenvalue weighted by Crippen LogP contribution is -2.12. The number of hydrogen-bond acceptors (Lipinski definition) is 6. The monoisotopic (exact) mass is 488 g/mol. The van der Waals surface area contributed by atoms with Crippen LogP contribution in [0.15, 0.2) is 42.0 Å². The highest BCUT2D eigenvalue weighted by Crippen LogP contribution is 2.30. The first-order valence-electron chi connectivity index (χ1n) is 10.4. The van der Waals surface area contributed by atoms with Gasteiger partial charge in [-0.15, -0.1) is 0 Å². The lowest BCUT2D eigenvalue weighted by Gasteiger charge is -2.08. The molecule has 0 aromatic heterocycles. The van der Waals surface area contributed by atoms with Crippen molar-refractivity contribution >= 4 is 52.3 Å². The standard InChI is InChI=1S/C14H13ClO4.C11H9ClO2/c1-2-19-14(18)12-7-10(16)6-8-5-9(15)3-4-11(8)13(12)17;12-8-1-3-10-7(5-8)6-9(13)2-4-11(10)14/h3-5,17H,2,6-7H2,1H3;1,3,5H,2,4,6H2. The summed E-state index contributed by atoms with van der Waals surface area (Å²) in [5.74, 6) is -0.857. The fourth-order valence-electron chi connectivity index (χ4n) is 3.71. The summed E-state index contributed by atoms with van der Waals surface area (Å²) in [5, 5.41) is 11.3. The van der Waals surface area contributed by atoms with Gasteiger partial charge in [0, 0.05) is 53.3 Å². The molecular weight excluding hydrogens is 467 g/mol. The van der Waals surface area contributed by atoms with E-state index in [0.717, 1.165) is 5.56 Å². The van der Waals surface area contributed by atoms with E-state index in [1.807, 2.05) is 0 Å². The molecule has 2 aromatic rings. The molecule has 0 saturated heterocycles. The average molecular weight is 489 g/mol. The van der Waals surface area contributed by atoms with Crippen LogP contribution in [0.1, 0.15) is 53.2 Å². The fourth-order valence-corrected chi connectivity index (χ4v) is 4.10. The van der Waals surface area contributed by atoms with Gasteiger partial charge in [-0.1, -0.05) is 23.2 Å². The van der Waals surface area contributed by atoms with Gasteiger partial charge in [0.2, 0.25) is 0 Å². The first-order valence-corrected chi connectivity index (χ1v) is 11.2. The van der Waals surface area contributed by atoms with Crippen molar-refractivity contribution in [1.29, 1.82) is 0 Å². The van der Waals surface area contributed by atoms with Crippen molar-refractivity contribution in [2.75, 3.05) is 6.61 Å². The van der Waals surface area contributed by atoms with E-state index in [-0.39, 0.29) is 48.1 Å². The molecule has 172 valence electrons. The molecule has 0 amide bonds. The van der Waals surface area contributed by atoms with Crippen LogP contribution in [0.4, 0.5) is 0 Å². The Balaban J connectivity index is 0.000000194. The number of carbonyl (C=O) groups excluding carboxylic acids is 4. The number of Topliss-reactive ketones (excluding diaryl/α,β-unsaturated/α-hetero) is 3. The smallest absolute Gasteiger partial charge is 0.338 e. The maximum absolute atomic E-state index is 11.8. The minimum Gasteiger partial charge on any atom is -0.507 e. The topological polar surface area (TPSA) is 97.7 Å². The minimum atomic E-state index is -0.656. The number of benzene rings is 2. The third-order valence-electron chi connectivity index (χ3n) is 5.28. The van der Waals surface area contributed by atoms with Crippen molar-refractivity contribution in [2.24, 2.45) is 0 Å². The molecule has 4 rings (SSSR count). The van der Waals surface area contributed by atoms with Crippen molar-refractivity contribution in [3.8, 4) is 0 Å². The van der Waals surface area contributed by atoms with Crippen molar-refractivity contribution in [1.82, 2.24) is 0 Å². The van der Waals surface area contributed by atoms with E-state index in [1.165, 1.54) is 0 Å². The zero-order chi connectivity index (χ0) is 24.1. The Bertz CT molecular complexity index is 1170. The van der Waals surface area contributed by atoms with Gasteiger partial charge in [-0.3, -0.25) is 14.4 Å². The Morgan fingerprint density at radius 1 is 0.879 bits per heavy atom. The van der Waals surface area contributed by atoms with Crippen molar-refractivity contribution in [2.45, 2.75) is 39.0 Å². The molecule has 0 aliphatic heterocycles. The van der Waals surface area contributed by atoms with Gasteiger partial charge in [0.25, 0.3) is 0 Å². The molecule has 1 N–H and O–H groups in total. The van der Waals surface area contributed by atoms with Crippen LogP contribution in [0, 0.1) is 0 Å². The molecule has 2 aliphatic rings. The maximum atomic E-state index is 11.8. The molecule has 33 heavy (non-hydrogen) atoms. The highest BCUT2D eigenvalue weighted by Gasteiger charge is 2.26. The van der Waals surface area contributed by atoms with Gasteiger partial charge in [-0.05, 0) is 54.4 Å². The summed E-state index contributed by atoms with van der Waals surface area (Å²) in [6, 6.07) is 9.93. The molecule has 0 bridgehead atoms. The van der Waals surface area contributed by atoms with Gasteiger partial charge in [0.15, 0.2) is 5.78 Å². The van der Waals surface area contributed by atoms with E-state index in [2.05, 4.69) is 0 Å². The Morgan fingerprint density at radius 2 is 1.45 bits per heavy atom. The number of rotatable bonds is 2. The van der Waals surface area contributed by atoms with Crippen LogP contribution in [-0.4, -0.2) is 35.0 Å². The number of esters is 1. The predicted octanol–water partition coefficient (Wildman–Crippen LogP) is 5.12. The molecule has 2 aromatic carbocycles. The van der Waals surface area contributed by atoms with Gasteiger partial charge in [0.1, 0.15) is 17.3 Å². The molecule has 0 unspecified atom stereocenters. The second-order valence-corrected chi connectivity index (χ2v) is 8.55. The van der Waals surface area contributed by atoms with Gasteiger partial charge in [-0.25, -0.2) is 4.79 Å². The summed E-state index contributed by atoms with van der Waals surface area (Å²) in [6.45, 7) is 1.86. The zero-order valence-electron chi connectivity index (χ0n) is 18.0. The molecule has 6 nitrogen and oxygen atoms in total. The third kappa shape index (κ3) is 6.09. The molecule has 8 heteroatoms. The van der Waals surface area contributed by atoms with Crippen LogP contribution >= 0.6 is 23.2 Å². The number of hydrogen-bond donors (Lipinski definition) is 1. The third-order valence-corrected chi connectivity index (χ3v) is 5.75. The number of ether oxygens (including phenoxy) is 1. The lowest BCUT2D eigenvalue weighted by molar-refractivity contribution is -0.139. The van der Waals surface area contributed by atoms with E-state index < -0.39 is 5.97 Å². The number of carbonyl (C=O) groups is 4. The molecule has 0 saturated carbocycles. The number of fused-ring (bicyclic) bond motifs is 2. The van der Waals surface area contributed by atoms with Crippen LogP contribution in [-0.2, 0) is 32.0 Å². The second kappa shape index (κ2) is 10.8. The van der Waals surface area contributed by atoms with Gasteiger partial charge in [-0.2, -0.15) is 0 Å². The highest BCUT2D eigenvalue weighted by atomic mass is 35.5. The summed E-state index contributed by atoms with van der Waals surface area (Å²) >= 11 is 11.7. The van der Waals surface area contributed by atoms with Gasteiger partial charge >= 0.3 is 5.97 Å². The van der Waals surface area contributed by atoms with E-state index in [9.17, 15) is 24.3 Å². The Labute approximate surface area is 201 Å². The first-order chi connectivity index (χ1) is 15.7. The van der Waals surface area contributed by atoms with E-state index in [1.54, 1.807) is 43.3 Å². The Morgan fingerprint density at radius 3 is 2.09 bits per heavy atom. The van der Waals surface area contributed by atoms with Gasteiger partial charge < -0.3 is 9.84 Å². The predicted molar refractivity (Wildman–Crippen MR) is 125 cm³/mol. The second-order valence-electron chi connectivity index (χ2n) is 7.68. The van der Waals surface area contributed by atoms with E-state index in [4.69, 9.17) is 27.9 Å². The fraction of sp³-hybridized carbons (Fsp3) is 0.280. The molecule has 0 heterocycles. The summed E-state index contributed by atoms with van der Waals surface area (Å²) in [7, 11) is 0. The summed E-state index contributed by atoms with van der Waals surface area (Å²) < 4.78 is 4.86. The van der Waals surface area contributed by atoms with Gasteiger partial charge in [0.05, 0.1) is 12.2 Å². The van der Waals surface area contributed by atoms with Crippen LogP contribution in [0.5, 0.6) is 0 Å². The van der Waals surface area contributed by atoms with Crippen LogP contribution in [0.2, 0.25) is 10.0 Å². The maximum Gasteiger partial charge on any atom is 0.338 e. The molecule has 0 spiro atoms. The molecule has 0 fully saturated rings. The number of halogens is 2. The van der Waals surface area contributed by atoms with E-state index >= 15 is 0 Å². The lowest BCUT2D eigenvalue weighted by atomic mass is 10.0. The average Bonchev–Trinajstić information content (AvgIpc) is 2.97. The normalized spacial score (nSPS) is 15.5. The number of aliphatic hydroxyl groups is 1. The molecule has 2 aliphatic carbocycles. The van der Waals surface area contributed by atoms with E-state index in [0.29, 0.717) is 46.0 Å².